The fraction of sp³-hybridized carbons (Fsp3) is 1.00. The van der Waals surface area contributed by atoms with E-state index in [9.17, 15) is 8.42 Å². The Hall–Kier alpha value is 1.01. The lowest BCUT2D eigenvalue weighted by atomic mass is 11.0. The van der Waals surface area contributed by atoms with E-state index >= 15 is 0 Å². The minimum absolute atomic E-state index is 0.254. The van der Waals surface area contributed by atoms with E-state index in [4.69, 9.17) is 22.3 Å². The van der Waals surface area contributed by atoms with Gasteiger partial charge in [0.15, 0.2) is 0 Å². The predicted molar refractivity (Wildman–Crippen MR) is 38.2 cm³/mol. The minimum atomic E-state index is -3.43. The molecule has 0 aliphatic carbocycles. The zero-order chi connectivity index (χ0) is 6.78. The second-order valence-electron chi connectivity index (χ2n) is 1.10. The summed E-state index contributed by atoms with van der Waals surface area (Å²) in [4.78, 5) is 0. The van der Waals surface area contributed by atoms with Gasteiger partial charge in [-0.05, 0) is 0 Å². The molecule has 1 atom stereocenters. The highest BCUT2D eigenvalue weighted by Gasteiger charge is 2.09. The lowest BCUT2D eigenvalue weighted by Crippen LogP contribution is -2.03. The molecule has 0 aliphatic rings. The van der Waals surface area contributed by atoms with Crippen LogP contribution in [0.15, 0.2) is 0 Å². The molecule has 50 valence electrons. The lowest BCUT2D eigenvalue weighted by molar-refractivity contribution is 0.610. The van der Waals surface area contributed by atoms with Crippen LogP contribution in [-0.2, 0) is 9.05 Å². The number of hydrogen-bond acceptors (Lipinski definition) is 2. The van der Waals surface area contributed by atoms with Crippen LogP contribution in [0, 0.1) is 0 Å². The number of halogens is 3. The van der Waals surface area contributed by atoms with Crippen molar-refractivity contribution in [1.29, 1.82) is 0 Å². The SMILES string of the molecule is O=S(=O)(Cl)CC(Cl)Br. The zero-order valence-electron chi connectivity index (χ0n) is 3.64. The van der Waals surface area contributed by atoms with E-state index in [1.807, 2.05) is 0 Å². The zero-order valence-corrected chi connectivity index (χ0v) is 7.56. The quantitative estimate of drug-likeness (QED) is 0.543. The summed E-state index contributed by atoms with van der Waals surface area (Å²) in [6.45, 7) is 0. The first kappa shape index (κ1) is 9.01. The van der Waals surface area contributed by atoms with Crippen LogP contribution in [0.4, 0.5) is 0 Å². The van der Waals surface area contributed by atoms with Gasteiger partial charge in [-0.1, -0.05) is 15.9 Å². The van der Waals surface area contributed by atoms with Crippen LogP contribution in [-0.4, -0.2) is 18.5 Å². The van der Waals surface area contributed by atoms with E-state index in [1.165, 1.54) is 0 Å². The van der Waals surface area contributed by atoms with Crippen LogP contribution in [0.25, 0.3) is 0 Å². The predicted octanol–water partition coefficient (Wildman–Crippen LogP) is 1.51. The Labute approximate surface area is 65.7 Å². The Kier molecular flexibility index (Phi) is 3.66. The van der Waals surface area contributed by atoms with Crippen molar-refractivity contribution in [2.24, 2.45) is 0 Å². The van der Waals surface area contributed by atoms with Gasteiger partial charge in [-0.3, -0.25) is 0 Å². The first-order chi connectivity index (χ1) is 3.42. The molecular weight excluding hydrogens is 239 g/mol. The molecule has 0 heterocycles. The maximum absolute atomic E-state index is 10.1. The Balaban J connectivity index is 3.75. The van der Waals surface area contributed by atoms with Crippen molar-refractivity contribution in [3.63, 3.8) is 0 Å². The van der Waals surface area contributed by atoms with Crippen LogP contribution in [0.2, 0.25) is 0 Å². The molecule has 0 radical (unpaired) electrons. The standard InChI is InChI=1S/C2H3BrCl2O2S/c3-2(4)1-8(5,6)7/h2H,1H2. The van der Waals surface area contributed by atoms with Crippen molar-refractivity contribution in [1.82, 2.24) is 0 Å². The molecule has 0 aromatic heterocycles. The fourth-order valence-corrected chi connectivity index (χ4v) is 3.02. The van der Waals surface area contributed by atoms with E-state index in [0.717, 1.165) is 0 Å². The molecule has 6 heteroatoms. The molecule has 0 aromatic carbocycles. The van der Waals surface area contributed by atoms with Gasteiger partial charge in [-0.25, -0.2) is 8.42 Å². The van der Waals surface area contributed by atoms with Gasteiger partial charge in [0.1, 0.15) is 4.29 Å². The van der Waals surface area contributed by atoms with Crippen LogP contribution in [0.5, 0.6) is 0 Å². The second-order valence-corrected chi connectivity index (χ2v) is 6.08. The van der Waals surface area contributed by atoms with Crippen LogP contribution in [0.3, 0.4) is 0 Å². The average molecular weight is 242 g/mol. The smallest absolute Gasteiger partial charge is 0.212 e. The third-order valence-electron chi connectivity index (χ3n) is 0.325. The highest BCUT2D eigenvalue weighted by molar-refractivity contribution is 9.10. The van der Waals surface area contributed by atoms with Crippen LogP contribution < -0.4 is 0 Å². The first-order valence-corrected chi connectivity index (χ1v) is 5.45. The summed E-state index contributed by atoms with van der Waals surface area (Å²) < 4.78 is 19.6. The maximum Gasteiger partial charge on any atom is 0.234 e. The normalized spacial score (nSPS) is 15.9. The minimum Gasteiger partial charge on any atom is -0.212 e. The van der Waals surface area contributed by atoms with Gasteiger partial charge in [0.2, 0.25) is 9.05 Å². The van der Waals surface area contributed by atoms with E-state index in [1.54, 1.807) is 0 Å². The summed E-state index contributed by atoms with van der Waals surface area (Å²) in [5, 5.41) is 0. The largest absolute Gasteiger partial charge is 0.234 e. The number of rotatable bonds is 2. The first-order valence-electron chi connectivity index (χ1n) is 1.62. The van der Waals surface area contributed by atoms with Gasteiger partial charge < -0.3 is 0 Å². The molecule has 0 saturated heterocycles. The monoisotopic (exact) mass is 240 g/mol. The van der Waals surface area contributed by atoms with Crippen molar-refractivity contribution in [3.05, 3.63) is 0 Å². The summed E-state index contributed by atoms with van der Waals surface area (Å²) in [6, 6.07) is 0. The summed E-state index contributed by atoms with van der Waals surface area (Å²) in [5.41, 5.74) is 0. The van der Waals surface area contributed by atoms with Crippen molar-refractivity contribution in [2.75, 3.05) is 5.75 Å². The molecule has 0 spiro atoms. The van der Waals surface area contributed by atoms with Gasteiger partial charge in [0.05, 0.1) is 5.75 Å². The molecule has 0 bridgehead atoms. The molecule has 8 heavy (non-hydrogen) atoms. The highest BCUT2D eigenvalue weighted by Crippen LogP contribution is 2.10. The molecule has 1 unspecified atom stereocenters. The van der Waals surface area contributed by atoms with Crippen molar-refractivity contribution < 1.29 is 8.42 Å². The highest BCUT2D eigenvalue weighted by atomic mass is 79.9. The van der Waals surface area contributed by atoms with E-state index in [2.05, 4.69) is 15.9 Å². The lowest BCUT2D eigenvalue weighted by Gasteiger charge is -1.92. The van der Waals surface area contributed by atoms with Gasteiger partial charge in [-0.2, -0.15) is 0 Å². The van der Waals surface area contributed by atoms with E-state index < -0.39 is 13.3 Å². The van der Waals surface area contributed by atoms with E-state index in [0.29, 0.717) is 0 Å². The summed E-state index contributed by atoms with van der Waals surface area (Å²) in [5.74, 6) is -0.254. The molecule has 0 fully saturated rings. The molecule has 0 amide bonds. The van der Waals surface area contributed by atoms with Crippen molar-refractivity contribution in [3.8, 4) is 0 Å². The molecule has 0 saturated carbocycles. The molecule has 2 nitrogen and oxygen atoms in total. The average Bonchev–Trinajstić information content (AvgIpc) is 1.21. The van der Waals surface area contributed by atoms with Gasteiger partial charge >= 0.3 is 0 Å². The Morgan fingerprint density at radius 3 is 2.00 bits per heavy atom. The Bertz CT molecular complexity index is 151. The summed E-state index contributed by atoms with van der Waals surface area (Å²) in [6.07, 6.45) is 0. The van der Waals surface area contributed by atoms with Crippen molar-refractivity contribution in [2.45, 2.75) is 4.29 Å². The number of alkyl halides is 2. The number of hydrogen-bond donors (Lipinski definition) is 0. The van der Waals surface area contributed by atoms with Gasteiger partial charge in [0.25, 0.3) is 0 Å². The summed E-state index contributed by atoms with van der Waals surface area (Å²) in [7, 11) is 1.36. The Morgan fingerprint density at radius 1 is 1.62 bits per heavy atom. The van der Waals surface area contributed by atoms with Gasteiger partial charge in [0, 0.05) is 10.7 Å². The Morgan fingerprint density at radius 2 is 2.00 bits per heavy atom. The molecule has 0 rings (SSSR count). The van der Waals surface area contributed by atoms with E-state index in [-0.39, 0.29) is 5.75 Å². The molecule has 0 aliphatic heterocycles. The molecular formula is C2H3BrCl2O2S. The topological polar surface area (TPSA) is 34.1 Å². The second kappa shape index (κ2) is 3.25. The third kappa shape index (κ3) is 7.01. The molecule has 0 aromatic rings. The van der Waals surface area contributed by atoms with Crippen molar-refractivity contribution >= 4 is 47.3 Å². The van der Waals surface area contributed by atoms with Crippen LogP contribution in [0.1, 0.15) is 0 Å². The third-order valence-corrected chi connectivity index (χ3v) is 2.52. The fourth-order valence-electron chi connectivity index (χ4n) is 0.150. The van der Waals surface area contributed by atoms with Crippen LogP contribution >= 0.6 is 38.2 Å². The molecule has 0 N–H and O–H groups in total. The maximum atomic E-state index is 10.1. The summed E-state index contributed by atoms with van der Waals surface area (Å²) >= 11 is 8.03. The van der Waals surface area contributed by atoms with Gasteiger partial charge in [-0.15, -0.1) is 11.6 Å².